The molecule has 76 valence electrons. The van der Waals surface area contributed by atoms with Gasteiger partial charge >= 0.3 is 5.97 Å². The maximum Gasteiger partial charge on any atom is 0.325 e. The molecular weight excluding hydrogens is 299 g/mol. The van der Waals surface area contributed by atoms with Crippen LogP contribution >= 0.6 is 22.6 Å². The van der Waals surface area contributed by atoms with Crippen LogP contribution in [0.25, 0.3) is 0 Å². The minimum atomic E-state index is -1.11. The van der Waals surface area contributed by atoms with Gasteiger partial charge < -0.3 is 15.6 Å². The number of aliphatic carboxylic acids is 1. The van der Waals surface area contributed by atoms with Crippen LogP contribution in [0.3, 0.4) is 0 Å². The molecule has 5 nitrogen and oxygen atoms in total. The van der Waals surface area contributed by atoms with Crippen LogP contribution in [0.1, 0.15) is 11.6 Å². The Morgan fingerprint density at radius 2 is 2.43 bits per heavy atom. The van der Waals surface area contributed by atoms with E-state index < -0.39 is 12.0 Å². The summed E-state index contributed by atoms with van der Waals surface area (Å²) in [7, 11) is 1.43. The van der Waals surface area contributed by atoms with Crippen molar-refractivity contribution in [2.75, 3.05) is 7.11 Å². The smallest absolute Gasteiger partial charge is 0.325 e. The lowest BCUT2D eigenvalue weighted by Crippen LogP contribution is -2.22. The zero-order valence-corrected chi connectivity index (χ0v) is 9.56. The van der Waals surface area contributed by atoms with Crippen molar-refractivity contribution in [2.45, 2.75) is 6.04 Å². The molecule has 0 saturated heterocycles. The van der Waals surface area contributed by atoms with Crippen LogP contribution in [0.15, 0.2) is 12.3 Å². The van der Waals surface area contributed by atoms with Crippen molar-refractivity contribution in [3.63, 3.8) is 0 Å². The summed E-state index contributed by atoms with van der Waals surface area (Å²) in [5.74, 6) is -0.846. The number of carbonyl (C=O) groups is 1. The predicted molar refractivity (Wildman–Crippen MR) is 58.1 cm³/mol. The summed E-state index contributed by atoms with van der Waals surface area (Å²) in [6.45, 7) is 0. The van der Waals surface area contributed by atoms with Gasteiger partial charge in [0.25, 0.3) is 0 Å². The summed E-state index contributed by atoms with van der Waals surface area (Å²) >= 11 is 1.99. The van der Waals surface area contributed by atoms with Crippen molar-refractivity contribution in [1.29, 1.82) is 0 Å². The molecule has 0 amide bonds. The quantitative estimate of drug-likeness (QED) is 0.806. The van der Waals surface area contributed by atoms with Crippen LogP contribution in [0.4, 0.5) is 0 Å². The third-order valence-electron chi connectivity index (χ3n) is 1.67. The first-order chi connectivity index (χ1) is 6.57. The summed E-state index contributed by atoms with van der Waals surface area (Å²) in [4.78, 5) is 14.6. The lowest BCUT2D eigenvalue weighted by molar-refractivity contribution is -0.138. The number of halogens is 1. The molecule has 0 spiro atoms. The topological polar surface area (TPSA) is 85.4 Å². The number of rotatable bonds is 3. The molecule has 1 atom stereocenters. The van der Waals surface area contributed by atoms with Gasteiger partial charge in [0, 0.05) is 9.77 Å². The second-order valence-electron chi connectivity index (χ2n) is 2.53. The number of carboxylic acids is 1. The average molecular weight is 308 g/mol. The Morgan fingerprint density at radius 3 is 2.93 bits per heavy atom. The molecule has 6 heteroatoms. The van der Waals surface area contributed by atoms with Crippen LogP contribution in [0.2, 0.25) is 0 Å². The van der Waals surface area contributed by atoms with Gasteiger partial charge in [0.15, 0.2) is 0 Å². The molecule has 1 aromatic heterocycles. The van der Waals surface area contributed by atoms with Gasteiger partial charge in [-0.3, -0.25) is 4.79 Å². The van der Waals surface area contributed by atoms with Gasteiger partial charge in [-0.05, 0) is 28.7 Å². The van der Waals surface area contributed by atoms with Gasteiger partial charge in [0.2, 0.25) is 5.88 Å². The number of aromatic nitrogens is 1. The Bertz CT molecular complexity index is 356. The van der Waals surface area contributed by atoms with Crippen LogP contribution in [0, 0.1) is 3.57 Å². The highest BCUT2D eigenvalue weighted by Gasteiger charge is 2.22. The van der Waals surface area contributed by atoms with E-state index in [9.17, 15) is 4.79 Å². The molecule has 0 aliphatic rings. The van der Waals surface area contributed by atoms with Crippen LogP contribution < -0.4 is 10.5 Å². The van der Waals surface area contributed by atoms with E-state index in [2.05, 4.69) is 4.98 Å². The highest BCUT2D eigenvalue weighted by atomic mass is 127. The summed E-state index contributed by atoms with van der Waals surface area (Å²) < 4.78 is 5.66. The van der Waals surface area contributed by atoms with E-state index in [1.165, 1.54) is 7.11 Å². The molecular formula is C8H9IN2O3. The van der Waals surface area contributed by atoms with Crippen molar-refractivity contribution in [3.8, 4) is 5.88 Å². The van der Waals surface area contributed by atoms with E-state index in [0.717, 1.165) is 3.57 Å². The number of hydrogen-bond donors (Lipinski definition) is 2. The Kier molecular flexibility index (Phi) is 3.64. The number of methoxy groups -OCH3 is 1. The molecule has 0 radical (unpaired) electrons. The number of pyridine rings is 1. The number of nitrogens with zero attached hydrogens (tertiary/aromatic N) is 1. The first-order valence-electron chi connectivity index (χ1n) is 3.74. The second-order valence-corrected chi connectivity index (χ2v) is 3.69. The van der Waals surface area contributed by atoms with E-state index in [4.69, 9.17) is 15.6 Å². The zero-order chi connectivity index (χ0) is 10.7. The van der Waals surface area contributed by atoms with Gasteiger partial charge in [0.05, 0.1) is 12.7 Å². The summed E-state index contributed by atoms with van der Waals surface area (Å²) in [6, 6.07) is 0.576. The first-order valence-corrected chi connectivity index (χ1v) is 4.82. The number of ether oxygens (including phenoxy) is 1. The van der Waals surface area contributed by atoms with Crippen molar-refractivity contribution < 1.29 is 14.6 Å². The summed E-state index contributed by atoms with van der Waals surface area (Å²) in [5.41, 5.74) is 5.90. The Hall–Kier alpha value is -0.890. The fourth-order valence-corrected chi connectivity index (χ4v) is 1.73. The number of hydrogen-bond acceptors (Lipinski definition) is 4. The normalized spacial score (nSPS) is 12.2. The van der Waals surface area contributed by atoms with E-state index >= 15 is 0 Å². The van der Waals surface area contributed by atoms with Gasteiger partial charge in [-0.1, -0.05) is 0 Å². The summed E-state index contributed by atoms with van der Waals surface area (Å²) in [5, 5.41) is 8.77. The molecule has 0 aromatic carbocycles. The predicted octanol–water partition coefficient (Wildman–Crippen LogP) is 0.779. The van der Waals surface area contributed by atoms with Crippen molar-refractivity contribution in [2.24, 2.45) is 5.73 Å². The van der Waals surface area contributed by atoms with Crippen molar-refractivity contribution in [1.82, 2.24) is 4.98 Å². The zero-order valence-electron chi connectivity index (χ0n) is 7.40. The molecule has 0 aliphatic heterocycles. The third kappa shape index (κ3) is 2.13. The minimum absolute atomic E-state index is 0.256. The van der Waals surface area contributed by atoms with E-state index in [1.54, 1.807) is 12.3 Å². The maximum absolute atomic E-state index is 10.7. The molecule has 1 aromatic rings. The molecule has 0 fully saturated rings. The SMILES string of the molecule is COc1nccc(I)c1[C@@H](N)C(=O)O. The lowest BCUT2D eigenvalue weighted by Gasteiger charge is -2.12. The Labute approximate surface area is 94.4 Å². The molecule has 0 aliphatic carbocycles. The van der Waals surface area contributed by atoms with Gasteiger partial charge in [0.1, 0.15) is 6.04 Å². The minimum Gasteiger partial charge on any atom is -0.481 e. The van der Waals surface area contributed by atoms with Crippen LogP contribution in [-0.2, 0) is 4.79 Å². The van der Waals surface area contributed by atoms with Crippen LogP contribution in [-0.4, -0.2) is 23.2 Å². The maximum atomic E-state index is 10.7. The van der Waals surface area contributed by atoms with E-state index in [0.29, 0.717) is 5.56 Å². The van der Waals surface area contributed by atoms with E-state index in [-0.39, 0.29) is 5.88 Å². The highest BCUT2D eigenvalue weighted by Crippen LogP contribution is 2.26. The van der Waals surface area contributed by atoms with Gasteiger partial charge in [-0.25, -0.2) is 4.98 Å². The molecule has 1 rings (SSSR count). The Morgan fingerprint density at radius 1 is 1.79 bits per heavy atom. The molecule has 14 heavy (non-hydrogen) atoms. The Balaban J connectivity index is 3.23. The molecule has 0 saturated carbocycles. The fraction of sp³-hybridized carbons (Fsp3) is 0.250. The molecule has 0 bridgehead atoms. The molecule has 3 N–H and O–H groups in total. The molecule has 1 heterocycles. The third-order valence-corrected chi connectivity index (χ3v) is 2.61. The highest BCUT2D eigenvalue weighted by molar-refractivity contribution is 14.1. The number of carboxylic acid groups (broad SMARTS) is 1. The molecule has 0 unspecified atom stereocenters. The van der Waals surface area contributed by atoms with Gasteiger partial charge in [-0.2, -0.15) is 0 Å². The fourth-order valence-electron chi connectivity index (χ4n) is 1.000. The van der Waals surface area contributed by atoms with Crippen molar-refractivity contribution >= 4 is 28.6 Å². The van der Waals surface area contributed by atoms with Crippen molar-refractivity contribution in [3.05, 3.63) is 21.4 Å². The second kappa shape index (κ2) is 4.56. The van der Waals surface area contributed by atoms with Crippen LogP contribution in [0.5, 0.6) is 5.88 Å². The largest absolute Gasteiger partial charge is 0.481 e. The first kappa shape index (κ1) is 11.2. The summed E-state index contributed by atoms with van der Waals surface area (Å²) in [6.07, 6.45) is 1.54. The lowest BCUT2D eigenvalue weighted by atomic mass is 10.1. The monoisotopic (exact) mass is 308 g/mol. The standard InChI is InChI=1S/C8H9IN2O3/c1-14-7-5(6(10)8(12)13)4(9)2-3-11-7/h2-3,6H,10H2,1H3,(H,12,13)/t6-/m1/s1. The van der Waals surface area contributed by atoms with Gasteiger partial charge in [-0.15, -0.1) is 0 Å². The van der Waals surface area contributed by atoms with E-state index in [1.807, 2.05) is 22.6 Å². The average Bonchev–Trinajstić information content (AvgIpc) is 2.16. The number of nitrogens with two attached hydrogens (primary N) is 1.